The van der Waals surface area contributed by atoms with Gasteiger partial charge in [-0.1, -0.05) is 30.0 Å². The standard InChI is InChI=1S/C21H16FN5O4S/c1-13-16(9-10-31-13)20-24-25-21(26(20)14-5-3-2-4-6-14)32-12-19(28)23-18-11-15(27(29)30)7-8-17(18)22/h2-11H,12H2,1H3,(H,23,28). The van der Waals surface area contributed by atoms with Gasteiger partial charge in [-0.25, -0.2) is 4.39 Å². The Morgan fingerprint density at radius 3 is 2.69 bits per heavy atom. The Morgan fingerprint density at radius 2 is 2.00 bits per heavy atom. The first-order valence-electron chi connectivity index (χ1n) is 9.36. The summed E-state index contributed by atoms with van der Waals surface area (Å²) in [4.78, 5) is 22.7. The third-order valence-electron chi connectivity index (χ3n) is 4.51. The van der Waals surface area contributed by atoms with Crippen LogP contribution in [0.1, 0.15) is 5.76 Å². The van der Waals surface area contributed by atoms with Gasteiger partial charge in [-0.05, 0) is 31.2 Å². The van der Waals surface area contributed by atoms with Gasteiger partial charge in [-0.3, -0.25) is 19.5 Å². The van der Waals surface area contributed by atoms with Crippen molar-refractivity contribution in [3.05, 3.63) is 82.6 Å². The number of furan rings is 1. The first-order valence-corrected chi connectivity index (χ1v) is 10.3. The number of hydrogen-bond donors (Lipinski definition) is 1. The number of nitro benzene ring substituents is 1. The van der Waals surface area contributed by atoms with Gasteiger partial charge in [0.25, 0.3) is 5.69 Å². The van der Waals surface area contributed by atoms with Crippen LogP contribution in [0.2, 0.25) is 0 Å². The second-order valence-electron chi connectivity index (χ2n) is 6.63. The fourth-order valence-corrected chi connectivity index (χ4v) is 3.76. The Balaban J connectivity index is 1.57. The van der Waals surface area contributed by atoms with Gasteiger partial charge in [0.2, 0.25) is 5.91 Å². The topological polar surface area (TPSA) is 116 Å². The summed E-state index contributed by atoms with van der Waals surface area (Å²) in [6.45, 7) is 1.81. The minimum atomic E-state index is -0.765. The third-order valence-corrected chi connectivity index (χ3v) is 5.44. The molecule has 2 heterocycles. The van der Waals surface area contributed by atoms with E-state index in [1.54, 1.807) is 16.9 Å². The predicted molar refractivity (Wildman–Crippen MR) is 116 cm³/mol. The number of carbonyl (C=O) groups excluding carboxylic acids is 1. The number of thioether (sulfide) groups is 1. The van der Waals surface area contributed by atoms with E-state index in [0.717, 1.165) is 41.2 Å². The Bertz CT molecular complexity index is 1290. The summed E-state index contributed by atoms with van der Waals surface area (Å²) in [6.07, 6.45) is 1.56. The van der Waals surface area contributed by atoms with Crippen LogP contribution in [0, 0.1) is 22.9 Å². The zero-order chi connectivity index (χ0) is 22.7. The molecule has 32 heavy (non-hydrogen) atoms. The normalized spacial score (nSPS) is 10.8. The molecule has 0 unspecified atom stereocenters. The number of para-hydroxylation sites is 1. The van der Waals surface area contributed by atoms with E-state index >= 15 is 0 Å². The molecule has 0 aliphatic rings. The second kappa shape index (κ2) is 9.02. The molecule has 2 aromatic carbocycles. The van der Waals surface area contributed by atoms with E-state index in [1.165, 1.54) is 0 Å². The van der Waals surface area contributed by atoms with E-state index in [2.05, 4.69) is 15.5 Å². The molecular formula is C21H16FN5O4S. The maximum atomic E-state index is 14.0. The van der Waals surface area contributed by atoms with Gasteiger partial charge >= 0.3 is 0 Å². The summed E-state index contributed by atoms with van der Waals surface area (Å²) < 4.78 is 21.1. The lowest BCUT2D eigenvalue weighted by Crippen LogP contribution is -2.15. The molecule has 162 valence electrons. The molecule has 0 fully saturated rings. The van der Waals surface area contributed by atoms with Crippen LogP contribution in [0.4, 0.5) is 15.8 Å². The summed E-state index contributed by atoms with van der Waals surface area (Å²) >= 11 is 1.10. The van der Waals surface area contributed by atoms with Crippen molar-refractivity contribution in [1.82, 2.24) is 14.8 Å². The van der Waals surface area contributed by atoms with Crippen LogP contribution in [0.5, 0.6) is 0 Å². The molecule has 0 aliphatic carbocycles. The number of nitrogens with zero attached hydrogens (tertiary/aromatic N) is 4. The van der Waals surface area contributed by atoms with Crippen LogP contribution in [0.3, 0.4) is 0 Å². The van der Waals surface area contributed by atoms with Crippen molar-refractivity contribution < 1.29 is 18.5 Å². The van der Waals surface area contributed by atoms with E-state index in [9.17, 15) is 19.3 Å². The van der Waals surface area contributed by atoms with Gasteiger partial charge in [0.05, 0.1) is 28.2 Å². The number of nitrogens with one attached hydrogen (secondary N) is 1. The van der Waals surface area contributed by atoms with Crippen molar-refractivity contribution in [2.24, 2.45) is 0 Å². The van der Waals surface area contributed by atoms with Crippen LogP contribution >= 0.6 is 11.8 Å². The molecule has 0 radical (unpaired) electrons. The quantitative estimate of drug-likeness (QED) is 0.247. The van der Waals surface area contributed by atoms with Crippen LogP contribution in [-0.2, 0) is 4.79 Å². The highest BCUT2D eigenvalue weighted by Gasteiger charge is 2.20. The number of aromatic nitrogens is 3. The van der Waals surface area contributed by atoms with Crippen molar-refractivity contribution in [3.63, 3.8) is 0 Å². The zero-order valence-electron chi connectivity index (χ0n) is 16.7. The monoisotopic (exact) mass is 453 g/mol. The lowest BCUT2D eigenvalue weighted by Gasteiger charge is -2.10. The highest BCUT2D eigenvalue weighted by atomic mass is 32.2. The van der Waals surface area contributed by atoms with E-state index in [4.69, 9.17) is 4.42 Å². The lowest BCUT2D eigenvalue weighted by atomic mass is 10.2. The predicted octanol–water partition coefficient (Wildman–Crippen LogP) is 4.61. The van der Waals surface area contributed by atoms with E-state index in [-0.39, 0.29) is 17.1 Å². The maximum Gasteiger partial charge on any atom is 0.271 e. The molecule has 0 saturated carbocycles. The average Bonchev–Trinajstić information content (AvgIpc) is 3.39. The lowest BCUT2D eigenvalue weighted by molar-refractivity contribution is -0.384. The maximum absolute atomic E-state index is 14.0. The minimum Gasteiger partial charge on any atom is -0.469 e. The molecule has 4 rings (SSSR count). The molecule has 11 heteroatoms. The smallest absolute Gasteiger partial charge is 0.271 e. The fraction of sp³-hybridized carbons (Fsp3) is 0.0952. The van der Waals surface area contributed by atoms with E-state index in [1.807, 2.05) is 37.3 Å². The summed E-state index contributed by atoms with van der Waals surface area (Å²) in [5.74, 6) is -0.199. The number of nitro groups is 1. The van der Waals surface area contributed by atoms with Crippen molar-refractivity contribution >= 4 is 29.0 Å². The fourth-order valence-electron chi connectivity index (χ4n) is 3.00. The zero-order valence-corrected chi connectivity index (χ0v) is 17.5. The first kappa shape index (κ1) is 21.2. The molecule has 9 nitrogen and oxygen atoms in total. The third kappa shape index (κ3) is 4.37. The molecule has 0 atom stereocenters. The van der Waals surface area contributed by atoms with Crippen LogP contribution in [-0.4, -0.2) is 31.3 Å². The van der Waals surface area contributed by atoms with Crippen molar-refractivity contribution in [2.75, 3.05) is 11.1 Å². The molecule has 4 aromatic rings. The highest BCUT2D eigenvalue weighted by Crippen LogP contribution is 2.30. The number of anilines is 1. The Hall–Kier alpha value is -3.99. The SMILES string of the molecule is Cc1occc1-c1nnc(SCC(=O)Nc2cc([N+](=O)[O-])ccc2F)n1-c1ccccc1. The van der Waals surface area contributed by atoms with Crippen molar-refractivity contribution in [2.45, 2.75) is 12.1 Å². The van der Waals surface area contributed by atoms with Gasteiger partial charge in [0.1, 0.15) is 11.6 Å². The molecule has 0 saturated heterocycles. The number of carbonyl (C=O) groups is 1. The van der Waals surface area contributed by atoms with E-state index in [0.29, 0.717) is 16.7 Å². The molecule has 0 aliphatic heterocycles. The number of hydrogen-bond acceptors (Lipinski definition) is 7. The number of halogens is 1. The van der Waals surface area contributed by atoms with Gasteiger partial charge in [-0.2, -0.15) is 0 Å². The minimum absolute atomic E-state index is 0.114. The first-order chi connectivity index (χ1) is 15.4. The van der Waals surface area contributed by atoms with Gasteiger partial charge in [0, 0.05) is 17.8 Å². The van der Waals surface area contributed by atoms with E-state index < -0.39 is 16.6 Å². The largest absolute Gasteiger partial charge is 0.469 e. The van der Waals surface area contributed by atoms with Crippen molar-refractivity contribution in [3.8, 4) is 17.1 Å². The summed E-state index contributed by atoms with van der Waals surface area (Å²) in [7, 11) is 0. The number of amides is 1. The Labute approximate surface area is 185 Å². The molecule has 1 N–H and O–H groups in total. The highest BCUT2D eigenvalue weighted by molar-refractivity contribution is 7.99. The molecule has 0 bridgehead atoms. The number of rotatable bonds is 7. The Morgan fingerprint density at radius 1 is 1.22 bits per heavy atom. The summed E-state index contributed by atoms with van der Waals surface area (Å²) in [5, 5.41) is 22.2. The van der Waals surface area contributed by atoms with Gasteiger partial charge in [-0.15, -0.1) is 10.2 Å². The average molecular weight is 453 g/mol. The Kier molecular flexibility index (Phi) is 5.99. The van der Waals surface area contributed by atoms with Gasteiger partial charge < -0.3 is 9.73 Å². The van der Waals surface area contributed by atoms with Crippen LogP contribution in [0.15, 0.2) is 70.4 Å². The van der Waals surface area contributed by atoms with Crippen molar-refractivity contribution in [1.29, 1.82) is 0 Å². The molecular weight excluding hydrogens is 437 g/mol. The van der Waals surface area contributed by atoms with Crippen LogP contribution in [0.25, 0.3) is 17.1 Å². The second-order valence-corrected chi connectivity index (χ2v) is 7.57. The number of benzene rings is 2. The number of non-ortho nitro benzene ring substituents is 1. The summed E-state index contributed by atoms with van der Waals surface area (Å²) in [6, 6.07) is 14.1. The van der Waals surface area contributed by atoms with Crippen LogP contribution < -0.4 is 5.32 Å². The molecule has 2 aromatic heterocycles. The molecule has 0 spiro atoms. The summed E-state index contributed by atoms with van der Waals surface area (Å²) in [5.41, 5.74) is 0.972. The molecule has 1 amide bonds. The van der Waals surface area contributed by atoms with Gasteiger partial charge in [0.15, 0.2) is 11.0 Å². The number of aryl methyl sites for hydroxylation is 1.